The number of Topliss-reactive ketones (excluding diaryl/α,β-unsaturated/α-hetero) is 1. The van der Waals surface area contributed by atoms with Crippen molar-refractivity contribution in [3.05, 3.63) is 85.9 Å². The Morgan fingerprint density at radius 3 is 2.38 bits per heavy atom. The standard InChI is InChI=1S/C30H28N4O5S/c1-30(2,3)24(35)16-33-26(36)22-14-23(19-12-13-19)40-27(22)34(29(33)38)15-17-8-10-18(11-9-17)20-6-4-5-7-21(20)25-31-28(37)39-32-25/h4-11,14,19H,12-13,15-16H2,1-3H3,(H,31,32,37)/p-1. The van der Waals surface area contributed by atoms with E-state index in [1.165, 1.54) is 11.3 Å². The summed E-state index contributed by atoms with van der Waals surface area (Å²) in [6.45, 7) is 5.33. The molecule has 2 aromatic carbocycles. The van der Waals surface area contributed by atoms with Gasteiger partial charge in [0.25, 0.3) is 5.56 Å². The van der Waals surface area contributed by atoms with Gasteiger partial charge in [0.05, 0.1) is 18.5 Å². The van der Waals surface area contributed by atoms with Crippen LogP contribution in [0.1, 0.15) is 50.0 Å². The Labute approximate surface area is 233 Å². The van der Waals surface area contributed by atoms with Gasteiger partial charge in [-0.3, -0.25) is 18.7 Å². The summed E-state index contributed by atoms with van der Waals surface area (Å²) in [4.78, 5) is 45.5. The molecule has 0 unspecified atom stereocenters. The zero-order chi connectivity index (χ0) is 28.2. The van der Waals surface area contributed by atoms with Crippen LogP contribution in [-0.4, -0.2) is 25.1 Å². The average molecular weight is 556 g/mol. The highest BCUT2D eigenvalue weighted by molar-refractivity contribution is 7.18. The van der Waals surface area contributed by atoms with E-state index < -0.39 is 22.7 Å². The molecule has 9 nitrogen and oxygen atoms in total. The summed E-state index contributed by atoms with van der Waals surface area (Å²) in [5, 5.41) is 15.7. The predicted molar refractivity (Wildman–Crippen MR) is 150 cm³/mol. The molecule has 40 heavy (non-hydrogen) atoms. The fourth-order valence-electron chi connectivity index (χ4n) is 4.67. The van der Waals surface area contributed by atoms with E-state index >= 15 is 0 Å². The second-order valence-corrected chi connectivity index (χ2v) is 12.3. The number of nitrogens with zero attached hydrogens (tertiary/aromatic N) is 4. The van der Waals surface area contributed by atoms with Crippen LogP contribution in [0.2, 0.25) is 0 Å². The van der Waals surface area contributed by atoms with Gasteiger partial charge in [0.1, 0.15) is 4.83 Å². The molecule has 0 amide bonds. The van der Waals surface area contributed by atoms with Crippen LogP contribution < -0.4 is 16.4 Å². The van der Waals surface area contributed by atoms with E-state index in [1.807, 2.05) is 54.6 Å². The van der Waals surface area contributed by atoms with Gasteiger partial charge in [-0.25, -0.2) is 9.78 Å². The normalized spacial score (nSPS) is 13.7. The van der Waals surface area contributed by atoms with Crippen molar-refractivity contribution in [2.75, 3.05) is 0 Å². The predicted octanol–water partition coefficient (Wildman–Crippen LogP) is 4.56. The lowest BCUT2D eigenvalue weighted by molar-refractivity contribution is -0.303. The number of rotatable bonds is 7. The van der Waals surface area contributed by atoms with E-state index in [0.29, 0.717) is 21.7 Å². The van der Waals surface area contributed by atoms with E-state index in [0.717, 1.165) is 39.0 Å². The maximum absolute atomic E-state index is 13.7. The zero-order valence-electron chi connectivity index (χ0n) is 22.3. The highest BCUT2D eigenvalue weighted by Gasteiger charge is 2.29. The van der Waals surface area contributed by atoms with E-state index in [1.54, 1.807) is 25.3 Å². The molecule has 3 aromatic heterocycles. The number of carbonyl (C=O) groups excluding carboxylic acids is 1. The van der Waals surface area contributed by atoms with E-state index in [-0.39, 0.29) is 24.7 Å². The zero-order valence-corrected chi connectivity index (χ0v) is 23.2. The van der Waals surface area contributed by atoms with Crippen molar-refractivity contribution < 1.29 is 14.4 Å². The molecule has 0 atom stereocenters. The molecule has 0 saturated heterocycles. The van der Waals surface area contributed by atoms with Gasteiger partial charge in [0.2, 0.25) is 0 Å². The number of thiophene rings is 1. The highest BCUT2D eigenvalue weighted by Crippen LogP contribution is 2.44. The van der Waals surface area contributed by atoms with Crippen molar-refractivity contribution in [3.63, 3.8) is 0 Å². The molecular formula is C30H27N4O5S-. The summed E-state index contributed by atoms with van der Waals surface area (Å²) in [5.74, 6) is 0.472. The third-order valence-corrected chi connectivity index (χ3v) is 8.53. The third kappa shape index (κ3) is 4.79. The lowest BCUT2D eigenvalue weighted by Crippen LogP contribution is -2.43. The van der Waals surface area contributed by atoms with Gasteiger partial charge in [-0.1, -0.05) is 69.3 Å². The Morgan fingerprint density at radius 2 is 1.75 bits per heavy atom. The Balaban J connectivity index is 1.39. The molecule has 0 bridgehead atoms. The number of aromatic nitrogens is 4. The van der Waals surface area contributed by atoms with Crippen molar-refractivity contribution in [2.24, 2.45) is 5.41 Å². The minimum atomic E-state index is -0.749. The molecule has 1 aliphatic rings. The first-order valence-electron chi connectivity index (χ1n) is 13.1. The van der Waals surface area contributed by atoms with Crippen LogP contribution in [0.15, 0.2) is 68.7 Å². The highest BCUT2D eigenvalue weighted by atomic mass is 32.1. The fraction of sp³-hybridized carbons (Fsp3) is 0.300. The van der Waals surface area contributed by atoms with Crippen LogP contribution >= 0.6 is 11.3 Å². The first-order chi connectivity index (χ1) is 19.1. The number of carbonyl (C=O) groups is 1. The first kappa shape index (κ1) is 25.9. The molecule has 0 spiro atoms. The minimum absolute atomic E-state index is 0.177. The number of benzene rings is 2. The Morgan fingerprint density at radius 1 is 1.05 bits per heavy atom. The maximum atomic E-state index is 13.7. The first-order valence-corrected chi connectivity index (χ1v) is 13.9. The van der Waals surface area contributed by atoms with E-state index in [4.69, 9.17) is 0 Å². The second kappa shape index (κ2) is 9.71. The van der Waals surface area contributed by atoms with Gasteiger partial charge in [-0.05, 0) is 41.5 Å². The lowest BCUT2D eigenvalue weighted by atomic mass is 9.91. The molecule has 1 saturated carbocycles. The molecule has 1 aliphatic carbocycles. The fourth-order valence-corrected chi connectivity index (χ4v) is 5.98. The van der Waals surface area contributed by atoms with Gasteiger partial charge in [-0.2, -0.15) is 5.16 Å². The maximum Gasteiger partial charge on any atom is 0.332 e. The topological polar surface area (TPSA) is 123 Å². The second-order valence-electron chi connectivity index (χ2n) is 11.2. The Hall–Kier alpha value is -4.31. The molecule has 204 valence electrons. The van der Waals surface area contributed by atoms with Crippen LogP contribution in [0.25, 0.3) is 32.7 Å². The summed E-state index contributed by atoms with van der Waals surface area (Å²) in [6.07, 6.45) is 1.41. The van der Waals surface area contributed by atoms with Gasteiger partial charge < -0.3 is 9.63 Å². The molecule has 1 fully saturated rings. The molecule has 0 aliphatic heterocycles. The molecular weight excluding hydrogens is 528 g/mol. The van der Waals surface area contributed by atoms with Crippen LogP contribution in [-0.2, 0) is 17.9 Å². The monoisotopic (exact) mass is 555 g/mol. The molecule has 0 radical (unpaired) electrons. The third-order valence-electron chi connectivity index (χ3n) is 7.21. The van der Waals surface area contributed by atoms with E-state index in [9.17, 15) is 19.5 Å². The van der Waals surface area contributed by atoms with Crippen LogP contribution in [0.4, 0.5) is 0 Å². The summed E-state index contributed by atoms with van der Waals surface area (Å²) in [6, 6.07) is 17.1. The summed E-state index contributed by atoms with van der Waals surface area (Å²) in [5.41, 5.74) is 1.66. The van der Waals surface area contributed by atoms with E-state index in [2.05, 4.69) is 14.7 Å². The molecule has 6 rings (SSSR count). The van der Waals surface area contributed by atoms with Gasteiger partial charge in [0, 0.05) is 15.9 Å². The number of ketones is 1. The number of hydrogen-bond acceptors (Lipinski definition) is 8. The molecule has 5 aromatic rings. The molecule has 0 N–H and O–H groups in total. The lowest BCUT2D eigenvalue weighted by Gasteiger charge is -2.18. The summed E-state index contributed by atoms with van der Waals surface area (Å²) >= 11 is 1.49. The van der Waals surface area contributed by atoms with Crippen molar-refractivity contribution in [1.82, 2.24) is 19.3 Å². The van der Waals surface area contributed by atoms with Gasteiger partial charge in [-0.15, -0.1) is 11.3 Å². The number of hydrogen-bond donors (Lipinski definition) is 0. The van der Waals surface area contributed by atoms with Crippen molar-refractivity contribution >= 4 is 27.3 Å². The van der Waals surface area contributed by atoms with Gasteiger partial charge in [0.15, 0.2) is 17.7 Å². The van der Waals surface area contributed by atoms with Crippen molar-refractivity contribution in [1.29, 1.82) is 0 Å². The van der Waals surface area contributed by atoms with Crippen LogP contribution in [0.3, 0.4) is 0 Å². The molecule has 10 heteroatoms. The summed E-state index contributed by atoms with van der Waals surface area (Å²) in [7, 11) is 0. The number of fused-ring (bicyclic) bond motifs is 1. The smallest absolute Gasteiger partial charge is 0.332 e. The van der Waals surface area contributed by atoms with Crippen LogP contribution in [0.5, 0.6) is 6.08 Å². The quantitative estimate of drug-likeness (QED) is 0.289. The Kier molecular flexibility index (Phi) is 6.29. The average Bonchev–Trinajstić information content (AvgIpc) is 3.54. The van der Waals surface area contributed by atoms with Crippen molar-refractivity contribution in [3.8, 4) is 28.6 Å². The molecule has 3 heterocycles. The van der Waals surface area contributed by atoms with Gasteiger partial charge >= 0.3 is 5.69 Å². The van der Waals surface area contributed by atoms with Crippen LogP contribution in [0, 0.1) is 5.41 Å². The van der Waals surface area contributed by atoms with Crippen molar-refractivity contribution in [2.45, 2.75) is 52.6 Å². The largest absolute Gasteiger partial charge is 0.528 e. The SMILES string of the molecule is CC(C)(C)C(=O)Cn1c(=O)c2cc(C3CC3)sc2n(Cc2ccc(-c3ccccc3-c3noc([O-])n3)cc2)c1=O. The Bertz CT molecular complexity index is 1870. The minimum Gasteiger partial charge on any atom is -0.528 e. The summed E-state index contributed by atoms with van der Waals surface area (Å²) < 4.78 is 7.32.